The van der Waals surface area contributed by atoms with Crippen molar-refractivity contribution >= 4 is 29.9 Å². The Labute approximate surface area is 179 Å². The number of hydrogen-bond donors (Lipinski definition) is 2. The van der Waals surface area contributed by atoms with Gasteiger partial charge in [0.2, 0.25) is 5.91 Å². The van der Waals surface area contributed by atoms with Crippen LogP contribution in [0.4, 0.5) is 5.69 Å². The molecule has 2 heterocycles. The molecular weight excluding hydrogens is 388 g/mol. The molecule has 3 fully saturated rings. The smallest absolute Gasteiger partial charge is 0.253 e. The first-order chi connectivity index (χ1) is 13.7. The van der Waals surface area contributed by atoms with E-state index in [2.05, 4.69) is 15.5 Å². The third kappa shape index (κ3) is 5.50. The van der Waals surface area contributed by atoms with Crippen LogP contribution in [0.1, 0.15) is 48.9 Å². The fourth-order valence-electron chi connectivity index (χ4n) is 4.79. The molecule has 0 radical (unpaired) electrons. The zero-order chi connectivity index (χ0) is 19.3. The van der Waals surface area contributed by atoms with Crippen LogP contribution >= 0.6 is 12.4 Å². The molecule has 2 N–H and O–H groups in total. The van der Waals surface area contributed by atoms with Crippen LogP contribution in [-0.4, -0.2) is 66.9 Å². The maximum absolute atomic E-state index is 13.0. The van der Waals surface area contributed by atoms with Crippen LogP contribution in [-0.2, 0) is 4.79 Å². The van der Waals surface area contributed by atoms with E-state index < -0.39 is 0 Å². The number of hydrogen-bond acceptors (Lipinski definition) is 4. The second kappa shape index (κ2) is 10.4. The molecular formula is C22H33ClN4O2. The van der Waals surface area contributed by atoms with E-state index >= 15 is 0 Å². The zero-order valence-electron chi connectivity index (χ0n) is 17.1. The highest BCUT2D eigenvalue weighted by Crippen LogP contribution is 2.25. The second-order valence-corrected chi connectivity index (χ2v) is 8.38. The molecule has 1 aliphatic carbocycles. The Kier molecular flexibility index (Phi) is 7.92. The lowest BCUT2D eigenvalue weighted by Crippen LogP contribution is -2.49. The van der Waals surface area contributed by atoms with Crippen LogP contribution < -0.4 is 10.6 Å². The number of nitrogens with one attached hydrogen (secondary N) is 2. The van der Waals surface area contributed by atoms with Gasteiger partial charge in [0, 0.05) is 62.5 Å². The number of halogens is 1. The first kappa shape index (κ1) is 22.1. The molecule has 2 saturated heterocycles. The minimum absolute atomic E-state index is 0. The molecule has 1 atom stereocenters. The van der Waals surface area contributed by atoms with Crippen molar-refractivity contribution in [2.24, 2.45) is 5.92 Å². The first-order valence-corrected chi connectivity index (χ1v) is 10.9. The van der Waals surface area contributed by atoms with Gasteiger partial charge in [-0.15, -0.1) is 12.4 Å². The number of benzene rings is 1. The summed E-state index contributed by atoms with van der Waals surface area (Å²) in [7, 11) is 0. The SMILES string of the molecule is Cl.O=C(Nc1cccc(C(=O)N2CCC(N3CCNCC3)C2)c1)C1CCCCC1. The van der Waals surface area contributed by atoms with Crippen molar-refractivity contribution in [3.05, 3.63) is 29.8 Å². The van der Waals surface area contributed by atoms with Gasteiger partial charge in [-0.3, -0.25) is 14.5 Å². The monoisotopic (exact) mass is 420 g/mol. The molecule has 4 rings (SSSR count). The maximum atomic E-state index is 13.0. The van der Waals surface area contributed by atoms with E-state index in [1.54, 1.807) is 0 Å². The molecule has 2 aliphatic heterocycles. The molecule has 0 aromatic heterocycles. The molecule has 1 aromatic carbocycles. The van der Waals surface area contributed by atoms with E-state index in [1.807, 2.05) is 29.2 Å². The lowest BCUT2D eigenvalue weighted by atomic mass is 9.88. The van der Waals surface area contributed by atoms with Gasteiger partial charge in [-0.05, 0) is 37.5 Å². The first-order valence-electron chi connectivity index (χ1n) is 10.9. The summed E-state index contributed by atoms with van der Waals surface area (Å²) in [4.78, 5) is 30.0. The number of amides is 2. The third-order valence-electron chi connectivity index (χ3n) is 6.47. The van der Waals surface area contributed by atoms with Crippen molar-refractivity contribution in [2.75, 3.05) is 44.6 Å². The summed E-state index contributed by atoms with van der Waals surface area (Å²) in [6.07, 6.45) is 6.51. The van der Waals surface area contributed by atoms with Gasteiger partial charge in [-0.2, -0.15) is 0 Å². The van der Waals surface area contributed by atoms with Crippen molar-refractivity contribution < 1.29 is 9.59 Å². The molecule has 0 spiro atoms. The summed E-state index contributed by atoms with van der Waals surface area (Å²) >= 11 is 0. The number of anilines is 1. The summed E-state index contributed by atoms with van der Waals surface area (Å²) in [5.74, 6) is 0.294. The number of rotatable bonds is 4. The van der Waals surface area contributed by atoms with Gasteiger partial charge in [0.15, 0.2) is 0 Å². The van der Waals surface area contributed by atoms with Crippen LogP contribution in [0.5, 0.6) is 0 Å². The Morgan fingerprint density at radius 2 is 1.76 bits per heavy atom. The number of likely N-dealkylation sites (tertiary alicyclic amines) is 1. The molecule has 160 valence electrons. The molecule has 0 bridgehead atoms. The van der Waals surface area contributed by atoms with Crippen molar-refractivity contribution in [3.8, 4) is 0 Å². The second-order valence-electron chi connectivity index (χ2n) is 8.38. The summed E-state index contributed by atoms with van der Waals surface area (Å²) in [5.41, 5.74) is 1.40. The molecule has 29 heavy (non-hydrogen) atoms. The van der Waals surface area contributed by atoms with Crippen molar-refractivity contribution in [2.45, 2.75) is 44.6 Å². The number of carbonyl (C=O) groups is 2. The topological polar surface area (TPSA) is 64.7 Å². The Balaban J connectivity index is 0.00000240. The van der Waals surface area contributed by atoms with Gasteiger partial charge in [-0.25, -0.2) is 0 Å². The minimum atomic E-state index is 0. The highest BCUT2D eigenvalue weighted by atomic mass is 35.5. The third-order valence-corrected chi connectivity index (χ3v) is 6.47. The average Bonchev–Trinajstić information content (AvgIpc) is 3.25. The molecule has 1 saturated carbocycles. The van der Waals surface area contributed by atoms with Gasteiger partial charge in [0.1, 0.15) is 0 Å². The Bertz CT molecular complexity index is 702. The molecule has 1 aromatic rings. The molecule has 6 nitrogen and oxygen atoms in total. The van der Waals surface area contributed by atoms with E-state index in [-0.39, 0.29) is 30.1 Å². The lowest BCUT2D eigenvalue weighted by Gasteiger charge is -2.32. The highest BCUT2D eigenvalue weighted by Gasteiger charge is 2.31. The highest BCUT2D eigenvalue weighted by molar-refractivity contribution is 5.97. The van der Waals surface area contributed by atoms with Gasteiger partial charge < -0.3 is 15.5 Å². The largest absolute Gasteiger partial charge is 0.337 e. The van der Waals surface area contributed by atoms with Gasteiger partial charge in [0.05, 0.1) is 0 Å². The van der Waals surface area contributed by atoms with E-state index in [1.165, 1.54) is 6.42 Å². The molecule has 1 unspecified atom stereocenters. The van der Waals surface area contributed by atoms with Crippen molar-refractivity contribution in [1.82, 2.24) is 15.1 Å². The lowest BCUT2D eigenvalue weighted by molar-refractivity contribution is -0.120. The molecule has 2 amide bonds. The summed E-state index contributed by atoms with van der Waals surface area (Å²) in [6.45, 7) is 5.81. The van der Waals surface area contributed by atoms with Crippen molar-refractivity contribution in [3.63, 3.8) is 0 Å². The summed E-state index contributed by atoms with van der Waals surface area (Å²) < 4.78 is 0. The van der Waals surface area contributed by atoms with Crippen LogP contribution in [0, 0.1) is 5.92 Å². The minimum Gasteiger partial charge on any atom is -0.337 e. The Morgan fingerprint density at radius 1 is 1.00 bits per heavy atom. The van der Waals surface area contributed by atoms with Crippen LogP contribution in [0.3, 0.4) is 0 Å². The van der Waals surface area contributed by atoms with Crippen molar-refractivity contribution in [1.29, 1.82) is 0 Å². The Hall–Kier alpha value is -1.63. The maximum Gasteiger partial charge on any atom is 0.253 e. The standard InChI is InChI=1S/C22H32N4O2.ClH/c27-21(17-5-2-1-3-6-17)24-19-8-4-7-18(15-19)22(28)26-12-9-20(16-26)25-13-10-23-11-14-25;/h4,7-8,15,17,20,23H,1-3,5-6,9-14,16H2,(H,24,27);1H. The fourth-order valence-corrected chi connectivity index (χ4v) is 4.79. The van der Waals surface area contributed by atoms with E-state index in [4.69, 9.17) is 0 Å². The predicted molar refractivity (Wildman–Crippen MR) is 118 cm³/mol. The van der Waals surface area contributed by atoms with Crippen LogP contribution in [0.15, 0.2) is 24.3 Å². The zero-order valence-corrected chi connectivity index (χ0v) is 17.9. The predicted octanol–water partition coefficient (Wildman–Crippen LogP) is 2.75. The van der Waals surface area contributed by atoms with E-state index in [9.17, 15) is 9.59 Å². The molecule has 7 heteroatoms. The van der Waals surface area contributed by atoms with Gasteiger partial charge in [-0.1, -0.05) is 25.3 Å². The van der Waals surface area contributed by atoms with E-state index in [0.717, 1.165) is 77.1 Å². The normalized spacial score (nSPS) is 23.4. The number of carbonyl (C=O) groups excluding carboxylic acids is 2. The summed E-state index contributed by atoms with van der Waals surface area (Å²) in [5, 5.41) is 6.42. The number of piperazine rings is 1. The summed E-state index contributed by atoms with van der Waals surface area (Å²) in [6, 6.07) is 7.91. The molecule has 3 aliphatic rings. The number of nitrogens with zero attached hydrogens (tertiary/aromatic N) is 2. The fraction of sp³-hybridized carbons (Fsp3) is 0.636. The van der Waals surface area contributed by atoms with Gasteiger partial charge >= 0.3 is 0 Å². The quantitative estimate of drug-likeness (QED) is 0.786. The average molecular weight is 421 g/mol. The Morgan fingerprint density at radius 3 is 2.52 bits per heavy atom. The van der Waals surface area contributed by atoms with Crippen LogP contribution in [0.2, 0.25) is 0 Å². The van der Waals surface area contributed by atoms with E-state index in [0.29, 0.717) is 11.6 Å². The van der Waals surface area contributed by atoms with Gasteiger partial charge in [0.25, 0.3) is 5.91 Å². The van der Waals surface area contributed by atoms with Crippen LogP contribution in [0.25, 0.3) is 0 Å².